The smallest absolute Gasteiger partial charge is 0.335 e. The van der Waals surface area contributed by atoms with Gasteiger partial charge in [0.25, 0.3) is 0 Å². The Balaban J connectivity index is 1.45. The highest BCUT2D eigenvalue weighted by atomic mass is 32.1. The molecule has 2 aliphatic rings. The molecule has 132 valence electrons. The summed E-state index contributed by atoms with van der Waals surface area (Å²) in [6.07, 6.45) is 7.37. The highest BCUT2D eigenvalue weighted by Gasteiger charge is 2.26. The van der Waals surface area contributed by atoms with Crippen LogP contribution in [0.15, 0.2) is 24.3 Å². The van der Waals surface area contributed by atoms with E-state index in [4.69, 9.17) is 10.1 Å². The van der Waals surface area contributed by atoms with Gasteiger partial charge < -0.3 is 5.11 Å². The fraction of sp³-hybridized carbons (Fsp3) is 0.500. The third kappa shape index (κ3) is 3.77. The number of rotatable bonds is 4. The normalized spacial score (nSPS) is 21.0. The molecule has 1 aromatic heterocycles. The molecule has 4 nitrogen and oxygen atoms in total. The van der Waals surface area contributed by atoms with Crippen LogP contribution in [0.1, 0.15) is 63.1 Å². The van der Waals surface area contributed by atoms with E-state index < -0.39 is 5.97 Å². The van der Waals surface area contributed by atoms with Crippen molar-refractivity contribution in [1.29, 1.82) is 0 Å². The maximum absolute atomic E-state index is 11.2. The van der Waals surface area contributed by atoms with Crippen LogP contribution in [0, 0.1) is 0 Å². The van der Waals surface area contributed by atoms with E-state index in [1.807, 2.05) is 23.5 Å². The van der Waals surface area contributed by atoms with Crippen molar-refractivity contribution < 1.29 is 9.90 Å². The lowest BCUT2D eigenvalue weighted by atomic mass is 9.97. The summed E-state index contributed by atoms with van der Waals surface area (Å²) in [5, 5.41) is 10.5. The summed E-state index contributed by atoms with van der Waals surface area (Å²) in [6, 6.07) is 7.33. The predicted molar refractivity (Wildman–Crippen MR) is 99.4 cm³/mol. The van der Waals surface area contributed by atoms with E-state index in [0.717, 1.165) is 31.6 Å². The molecule has 1 saturated heterocycles. The number of carboxylic acid groups (broad SMARTS) is 1. The number of aromatic nitrogens is 1. The van der Waals surface area contributed by atoms with Gasteiger partial charge in [0.05, 0.1) is 16.3 Å². The Bertz CT molecular complexity index is 747. The molecule has 0 amide bonds. The summed E-state index contributed by atoms with van der Waals surface area (Å²) in [4.78, 5) is 20.1. The minimum absolute atomic E-state index is 0.374. The van der Waals surface area contributed by atoms with Gasteiger partial charge in [-0.1, -0.05) is 12.1 Å². The molecule has 1 aliphatic heterocycles. The Labute approximate surface area is 152 Å². The summed E-state index contributed by atoms with van der Waals surface area (Å²) in [5.74, 6) is -0.321. The molecule has 2 heterocycles. The molecule has 1 aliphatic carbocycles. The summed E-state index contributed by atoms with van der Waals surface area (Å²) in [7, 11) is 0. The summed E-state index contributed by atoms with van der Waals surface area (Å²) in [5.41, 5.74) is 2.81. The molecule has 1 atom stereocenters. The molecule has 0 bridgehead atoms. The van der Waals surface area contributed by atoms with E-state index in [9.17, 15) is 4.79 Å². The number of benzene rings is 1. The van der Waals surface area contributed by atoms with Gasteiger partial charge >= 0.3 is 5.97 Å². The third-order valence-electron chi connectivity index (χ3n) is 5.30. The molecule has 1 aromatic carbocycles. The molecule has 25 heavy (non-hydrogen) atoms. The SMILES string of the molecule is O=C(O)c1cccc(CN2CCCC(c3nc4c(s3)CCCC4)C2)c1. The number of hydrogen-bond donors (Lipinski definition) is 1. The van der Waals surface area contributed by atoms with Crippen molar-refractivity contribution in [2.75, 3.05) is 13.1 Å². The molecule has 5 heteroatoms. The third-order valence-corrected chi connectivity index (χ3v) is 6.62. The number of hydrogen-bond acceptors (Lipinski definition) is 4. The number of thiazole rings is 1. The van der Waals surface area contributed by atoms with Gasteiger partial charge in [-0.15, -0.1) is 11.3 Å². The quantitative estimate of drug-likeness (QED) is 0.896. The van der Waals surface area contributed by atoms with Gasteiger partial charge in [0, 0.05) is 23.9 Å². The minimum Gasteiger partial charge on any atom is -0.478 e. The first-order chi connectivity index (χ1) is 12.2. The number of likely N-dealkylation sites (tertiary alicyclic amines) is 1. The second-order valence-electron chi connectivity index (χ2n) is 7.21. The number of fused-ring (bicyclic) bond motifs is 1. The molecule has 0 radical (unpaired) electrons. The molecule has 1 unspecified atom stereocenters. The van der Waals surface area contributed by atoms with Crippen molar-refractivity contribution in [1.82, 2.24) is 9.88 Å². The lowest BCUT2D eigenvalue weighted by Crippen LogP contribution is -2.33. The number of piperidine rings is 1. The second kappa shape index (κ2) is 7.26. The van der Waals surface area contributed by atoms with Crippen molar-refractivity contribution >= 4 is 17.3 Å². The van der Waals surface area contributed by atoms with Crippen LogP contribution in [-0.4, -0.2) is 34.0 Å². The fourth-order valence-electron chi connectivity index (χ4n) is 4.01. The number of carbonyl (C=O) groups is 1. The zero-order chi connectivity index (χ0) is 17.2. The molecule has 1 N–H and O–H groups in total. The van der Waals surface area contributed by atoms with Crippen LogP contribution in [0.2, 0.25) is 0 Å². The van der Waals surface area contributed by atoms with Crippen LogP contribution >= 0.6 is 11.3 Å². The highest BCUT2D eigenvalue weighted by molar-refractivity contribution is 7.11. The summed E-state index contributed by atoms with van der Waals surface area (Å²) < 4.78 is 0. The molecular weight excluding hydrogens is 332 g/mol. The lowest BCUT2D eigenvalue weighted by molar-refractivity contribution is 0.0696. The zero-order valence-electron chi connectivity index (χ0n) is 14.4. The molecule has 4 rings (SSSR count). The first kappa shape index (κ1) is 16.7. The number of carboxylic acids is 1. The van der Waals surface area contributed by atoms with E-state index in [0.29, 0.717) is 11.5 Å². The lowest BCUT2D eigenvalue weighted by Gasteiger charge is -2.31. The van der Waals surface area contributed by atoms with Crippen molar-refractivity contribution in [2.45, 2.75) is 51.0 Å². The van der Waals surface area contributed by atoms with Crippen molar-refractivity contribution in [3.63, 3.8) is 0 Å². The maximum atomic E-state index is 11.2. The Morgan fingerprint density at radius 3 is 3.00 bits per heavy atom. The standard InChI is InChI=1S/C20H24N2O2S/c23-20(24)15-6-3-5-14(11-15)12-22-10-4-7-16(13-22)19-21-17-8-1-2-9-18(17)25-19/h3,5-6,11,16H,1-2,4,7-10,12-13H2,(H,23,24). The summed E-state index contributed by atoms with van der Waals surface area (Å²) >= 11 is 1.94. The molecule has 2 aromatic rings. The second-order valence-corrected chi connectivity index (χ2v) is 8.32. The van der Waals surface area contributed by atoms with Gasteiger partial charge in [-0.3, -0.25) is 4.90 Å². The van der Waals surface area contributed by atoms with Gasteiger partial charge in [-0.05, 0) is 62.8 Å². The zero-order valence-corrected chi connectivity index (χ0v) is 15.2. The molecule has 0 spiro atoms. The first-order valence-corrected chi connectivity index (χ1v) is 10.0. The van der Waals surface area contributed by atoms with Crippen LogP contribution in [0.3, 0.4) is 0 Å². The van der Waals surface area contributed by atoms with Crippen molar-refractivity contribution in [3.8, 4) is 0 Å². The van der Waals surface area contributed by atoms with Crippen LogP contribution in [0.5, 0.6) is 0 Å². The monoisotopic (exact) mass is 356 g/mol. The van der Waals surface area contributed by atoms with E-state index in [2.05, 4.69) is 4.90 Å². The van der Waals surface area contributed by atoms with E-state index in [-0.39, 0.29) is 0 Å². The average Bonchev–Trinajstić information content (AvgIpc) is 3.06. The minimum atomic E-state index is -0.855. The summed E-state index contributed by atoms with van der Waals surface area (Å²) in [6.45, 7) is 2.94. The van der Waals surface area contributed by atoms with Crippen LogP contribution < -0.4 is 0 Å². The predicted octanol–water partition coefficient (Wildman–Crippen LogP) is 4.10. The number of aryl methyl sites for hydroxylation is 2. The Hall–Kier alpha value is -1.72. The largest absolute Gasteiger partial charge is 0.478 e. The van der Waals surface area contributed by atoms with Gasteiger partial charge in [-0.2, -0.15) is 0 Å². The molecule has 0 saturated carbocycles. The molecule has 1 fully saturated rings. The number of nitrogens with zero attached hydrogens (tertiary/aromatic N) is 2. The Morgan fingerprint density at radius 2 is 2.16 bits per heavy atom. The Kier molecular flexibility index (Phi) is 4.86. The van der Waals surface area contributed by atoms with Gasteiger partial charge in [0.15, 0.2) is 0 Å². The van der Waals surface area contributed by atoms with Crippen LogP contribution in [0.4, 0.5) is 0 Å². The van der Waals surface area contributed by atoms with Crippen LogP contribution in [0.25, 0.3) is 0 Å². The first-order valence-electron chi connectivity index (χ1n) is 9.22. The van der Waals surface area contributed by atoms with Crippen LogP contribution in [-0.2, 0) is 19.4 Å². The van der Waals surface area contributed by atoms with Crippen molar-refractivity contribution in [3.05, 3.63) is 51.0 Å². The average molecular weight is 356 g/mol. The van der Waals surface area contributed by atoms with E-state index in [1.54, 1.807) is 12.1 Å². The van der Waals surface area contributed by atoms with E-state index >= 15 is 0 Å². The maximum Gasteiger partial charge on any atom is 0.335 e. The van der Waals surface area contributed by atoms with Gasteiger partial charge in [-0.25, -0.2) is 9.78 Å². The topological polar surface area (TPSA) is 53.4 Å². The fourth-order valence-corrected chi connectivity index (χ4v) is 5.29. The van der Waals surface area contributed by atoms with E-state index in [1.165, 1.54) is 47.7 Å². The molecular formula is C20H24N2O2S. The number of aromatic carboxylic acids is 1. The van der Waals surface area contributed by atoms with Gasteiger partial charge in [0.1, 0.15) is 0 Å². The van der Waals surface area contributed by atoms with Crippen molar-refractivity contribution in [2.24, 2.45) is 0 Å². The Morgan fingerprint density at radius 1 is 1.28 bits per heavy atom. The van der Waals surface area contributed by atoms with Gasteiger partial charge in [0.2, 0.25) is 0 Å². The highest BCUT2D eigenvalue weighted by Crippen LogP contribution is 2.35.